The smallest absolute Gasteiger partial charge is 0.248 e. The van der Waals surface area contributed by atoms with Gasteiger partial charge in [0.15, 0.2) is 0 Å². The second kappa shape index (κ2) is 8.37. The molecule has 8 nitrogen and oxygen atoms in total. The van der Waals surface area contributed by atoms with Crippen LogP contribution in [0.4, 0.5) is 26.2 Å². The number of nitrogens with one attached hydrogen (secondary N) is 1. The van der Waals surface area contributed by atoms with Gasteiger partial charge in [0.2, 0.25) is 5.95 Å². The van der Waals surface area contributed by atoms with Crippen molar-refractivity contribution in [1.82, 2.24) is 24.6 Å². The Labute approximate surface area is 183 Å². The predicted molar refractivity (Wildman–Crippen MR) is 114 cm³/mol. The molecule has 31 heavy (non-hydrogen) atoms. The van der Waals surface area contributed by atoms with Crippen molar-refractivity contribution in [3.8, 4) is 5.69 Å². The van der Waals surface area contributed by atoms with Crippen molar-refractivity contribution in [2.45, 2.75) is 6.04 Å². The Balaban J connectivity index is 0.00000245. The molecule has 0 amide bonds. The van der Waals surface area contributed by atoms with E-state index < -0.39 is 11.6 Å². The van der Waals surface area contributed by atoms with Crippen LogP contribution in [-0.4, -0.2) is 70.1 Å². The van der Waals surface area contributed by atoms with Gasteiger partial charge in [0.1, 0.15) is 28.9 Å². The number of anilines is 3. The van der Waals surface area contributed by atoms with Crippen LogP contribution in [-0.2, 0) is 4.74 Å². The SMILES string of the molecule is Fc1cc(F)cc(-n2cnc(Nc3cc(N4CCN(C5COC5)CC4)cc(Cl)n3)n2)c1.[HH]. The molecule has 1 N–H and O–H groups in total. The summed E-state index contributed by atoms with van der Waals surface area (Å²) >= 11 is 6.25. The molecule has 4 heterocycles. The number of pyridine rings is 1. The first-order valence-corrected chi connectivity index (χ1v) is 10.3. The first-order valence-electron chi connectivity index (χ1n) is 9.93. The van der Waals surface area contributed by atoms with Crippen molar-refractivity contribution >= 4 is 29.1 Å². The van der Waals surface area contributed by atoms with Gasteiger partial charge in [0.25, 0.3) is 0 Å². The summed E-state index contributed by atoms with van der Waals surface area (Å²) in [6.07, 6.45) is 1.37. The van der Waals surface area contributed by atoms with Gasteiger partial charge in [-0.2, -0.15) is 4.98 Å². The van der Waals surface area contributed by atoms with E-state index in [1.54, 1.807) is 0 Å². The van der Waals surface area contributed by atoms with Crippen molar-refractivity contribution in [2.75, 3.05) is 49.6 Å². The zero-order valence-electron chi connectivity index (χ0n) is 16.5. The number of aromatic nitrogens is 4. The number of piperazine rings is 1. The average Bonchev–Trinajstić information content (AvgIpc) is 3.14. The summed E-state index contributed by atoms with van der Waals surface area (Å²) in [5.74, 6) is -0.655. The molecular weight excluding hydrogens is 428 g/mol. The molecule has 0 atom stereocenters. The van der Waals surface area contributed by atoms with Crippen LogP contribution in [0, 0.1) is 11.6 Å². The maximum atomic E-state index is 13.5. The number of rotatable bonds is 5. The van der Waals surface area contributed by atoms with Crippen LogP contribution in [0.2, 0.25) is 5.15 Å². The highest BCUT2D eigenvalue weighted by Crippen LogP contribution is 2.26. The minimum Gasteiger partial charge on any atom is -0.378 e. The lowest BCUT2D eigenvalue weighted by atomic mass is 10.1. The van der Waals surface area contributed by atoms with Gasteiger partial charge in [-0.15, -0.1) is 5.10 Å². The molecule has 11 heteroatoms. The lowest BCUT2D eigenvalue weighted by molar-refractivity contribution is -0.0660. The Morgan fingerprint density at radius 3 is 2.42 bits per heavy atom. The van der Waals surface area contributed by atoms with E-state index in [-0.39, 0.29) is 13.1 Å². The topological polar surface area (TPSA) is 71.3 Å². The highest BCUT2D eigenvalue weighted by Gasteiger charge is 2.29. The first-order chi connectivity index (χ1) is 15.0. The molecule has 0 bridgehead atoms. The molecule has 0 unspecified atom stereocenters. The van der Waals surface area contributed by atoms with Gasteiger partial charge in [-0.05, 0) is 18.2 Å². The third-order valence-electron chi connectivity index (χ3n) is 5.44. The second-order valence-corrected chi connectivity index (χ2v) is 7.90. The number of halogens is 3. The zero-order valence-corrected chi connectivity index (χ0v) is 17.3. The van der Waals surface area contributed by atoms with Crippen LogP contribution >= 0.6 is 11.6 Å². The maximum Gasteiger partial charge on any atom is 0.248 e. The van der Waals surface area contributed by atoms with Crippen molar-refractivity contribution in [2.24, 2.45) is 0 Å². The van der Waals surface area contributed by atoms with Crippen molar-refractivity contribution in [3.05, 3.63) is 53.4 Å². The van der Waals surface area contributed by atoms with E-state index in [2.05, 4.69) is 30.2 Å². The Kier molecular flexibility index (Phi) is 5.43. The van der Waals surface area contributed by atoms with Gasteiger partial charge in [-0.25, -0.2) is 18.4 Å². The summed E-state index contributed by atoms with van der Waals surface area (Å²) in [6, 6.07) is 7.40. The van der Waals surface area contributed by atoms with E-state index in [1.807, 2.05) is 12.1 Å². The predicted octanol–water partition coefficient (Wildman–Crippen LogP) is 3.10. The molecule has 164 valence electrons. The van der Waals surface area contributed by atoms with E-state index in [1.165, 1.54) is 23.1 Å². The van der Waals surface area contributed by atoms with Crippen LogP contribution in [0.3, 0.4) is 0 Å². The van der Waals surface area contributed by atoms with Crippen molar-refractivity contribution in [3.63, 3.8) is 0 Å². The Morgan fingerprint density at radius 1 is 1.00 bits per heavy atom. The average molecular weight is 450 g/mol. The van der Waals surface area contributed by atoms with Crippen LogP contribution in [0.1, 0.15) is 1.43 Å². The van der Waals surface area contributed by atoms with Gasteiger partial charge >= 0.3 is 0 Å². The van der Waals surface area contributed by atoms with Crippen molar-refractivity contribution < 1.29 is 14.9 Å². The van der Waals surface area contributed by atoms with Crippen LogP contribution < -0.4 is 10.2 Å². The molecule has 1 aromatic carbocycles. The molecule has 2 aromatic heterocycles. The molecule has 3 aromatic rings. The lowest BCUT2D eigenvalue weighted by Crippen LogP contribution is -2.56. The molecular formula is C20H22ClF2N7O. The third-order valence-corrected chi connectivity index (χ3v) is 5.63. The summed E-state index contributed by atoms with van der Waals surface area (Å²) in [7, 11) is 0. The van der Waals surface area contributed by atoms with Gasteiger partial charge < -0.3 is 15.0 Å². The summed E-state index contributed by atoms with van der Waals surface area (Å²) in [5.41, 5.74) is 1.19. The van der Waals surface area contributed by atoms with E-state index in [9.17, 15) is 8.78 Å². The van der Waals surface area contributed by atoms with Crippen LogP contribution in [0.25, 0.3) is 5.69 Å². The fourth-order valence-corrected chi connectivity index (χ4v) is 3.94. The second-order valence-electron chi connectivity index (χ2n) is 7.51. The molecule has 2 aliphatic rings. The number of ether oxygens (including phenoxy) is 1. The summed E-state index contributed by atoms with van der Waals surface area (Å²) in [6.45, 7) is 5.33. The van der Waals surface area contributed by atoms with Gasteiger partial charge in [-0.3, -0.25) is 4.90 Å². The quantitative estimate of drug-likeness (QED) is 0.600. The van der Waals surface area contributed by atoms with Crippen LogP contribution in [0.15, 0.2) is 36.7 Å². The summed E-state index contributed by atoms with van der Waals surface area (Å²) in [5, 5.41) is 7.58. The highest BCUT2D eigenvalue weighted by molar-refractivity contribution is 6.29. The molecule has 2 saturated heterocycles. The molecule has 5 rings (SSSR count). The standard InChI is InChI=1S/C20H20ClF2N7O.H2/c21-18-8-15(28-1-3-29(4-2-28)17-10-31-11-17)9-19(25-18)26-20-24-12-30(27-20)16-6-13(22)5-14(23)7-16;/h5-9,12,17H,1-4,10-11H2,(H,25,26,27);1H. The van der Waals surface area contributed by atoms with E-state index >= 15 is 0 Å². The molecule has 2 fully saturated rings. The van der Waals surface area contributed by atoms with E-state index in [4.69, 9.17) is 16.3 Å². The number of nitrogens with zero attached hydrogens (tertiary/aromatic N) is 6. The largest absolute Gasteiger partial charge is 0.378 e. The number of hydrogen-bond donors (Lipinski definition) is 1. The molecule has 2 aliphatic heterocycles. The minimum absolute atomic E-state index is 0. The minimum atomic E-state index is -0.689. The Morgan fingerprint density at radius 2 is 1.74 bits per heavy atom. The molecule has 0 saturated carbocycles. The summed E-state index contributed by atoms with van der Waals surface area (Å²) in [4.78, 5) is 13.1. The van der Waals surface area contributed by atoms with Gasteiger partial charge in [0.05, 0.1) is 24.9 Å². The summed E-state index contributed by atoms with van der Waals surface area (Å²) < 4.78 is 33.5. The third kappa shape index (κ3) is 4.46. The normalized spacial score (nSPS) is 17.6. The molecule has 0 aliphatic carbocycles. The fourth-order valence-electron chi connectivity index (χ4n) is 3.74. The number of benzene rings is 1. The van der Waals surface area contributed by atoms with E-state index in [0.29, 0.717) is 17.0 Å². The maximum absolute atomic E-state index is 13.5. The van der Waals surface area contributed by atoms with E-state index in [0.717, 1.165) is 51.1 Å². The van der Waals surface area contributed by atoms with Crippen molar-refractivity contribution in [1.29, 1.82) is 0 Å². The lowest BCUT2D eigenvalue weighted by Gasteiger charge is -2.43. The molecule has 0 radical (unpaired) electrons. The molecule has 0 spiro atoms. The zero-order chi connectivity index (χ0) is 21.4. The Hall–Kier alpha value is -2.82. The fraction of sp³-hybridized carbons (Fsp3) is 0.350. The van der Waals surface area contributed by atoms with Gasteiger partial charge in [0, 0.05) is 45.4 Å². The van der Waals surface area contributed by atoms with Gasteiger partial charge in [-0.1, -0.05) is 11.6 Å². The number of hydrogen-bond acceptors (Lipinski definition) is 7. The highest BCUT2D eigenvalue weighted by atomic mass is 35.5. The van der Waals surface area contributed by atoms with Crippen LogP contribution in [0.5, 0.6) is 0 Å². The Bertz CT molecular complexity index is 1070. The monoisotopic (exact) mass is 449 g/mol. The first kappa shape index (κ1) is 20.1.